The van der Waals surface area contributed by atoms with Gasteiger partial charge < -0.3 is 9.84 Å². The lowest BCUT2D eigenvalue weighted by molar-refractivity contribution is 0.0928. The standard InChI is InChI=1S/C21H24N6O2/c28-20(24-16-5-3-1-2-4-6-16)17-12-27(13-23-17)18-11-15(9-10-22-18)21-25-19(26-29-21)14-7-8-14/h9-14,16H,1-8H2,(H,24,28). The van der Waals surface area contributed by atoms with Gasteiger partial charge in [0.1, 0.15) is 17.8 Å². The molecule has 2 fully saturated rings. The third-order valence-electron chi connectivity index (χ3n) is 5.65. The van der Waals surface area contributed by atoms with Crippen molar-refractivity contribution in [1.29, 1.82) is 0 Å². The summed E-state index contributed by atoms with van der Waals surface area (Å²) >= 11 is 0. The maximum atomic E-state index is 12.6. The second-order valence-corrected chi connectivity index (χ2v) is 7.96. The predicted octanol–water partition coefficient (Wildman–Crippen LogP) is 3.65. The summed E-state index contributed by atoms with van der Waals surface area (Å²) in [4.78, 5) is 25.7. The number of carbonyl (C=O) groups excluding carboxylic acids is 1. The van der Waals surface area contributed by atoms with Crippen LogP contribution in [0.15, 0.2) is 35.4 Å². The molecule has 2 saturated carbocycles. The summed E-state index contributed by atoms with van der Waals surface area (Å²) in [7, 11) is 0. The van der Waals surface area contributed by atoms with E-state index < -0.39 is 0 Å². The van der Waals surface area contributed by atoms with E-state index in [0.29, 0.717) is 23.3 Å². The second-order valence-electron chi connectivity index (χ2n) is 7.96. The Morgan fingerprint density at radius 1 is 1.10 bits per heavy atom. The van der Waals surface area contributed by atoms with Crippen LogP contribution < -0.4 is 5.32 Å². The smallest absolute Gasteiger partial charge is 0.271 e. The van der Waals surface area contributed by atoms with Crippen LogP contribution in [0.3, 0.4) is 0 Å². The third kappa shape index (κ3) is 4.06. The first-order chi connectivity index (χ1) is 14.3. The fourth-order valence-electron chi connectivity index (χ4n) is 3.80. The molecule has 0 bridgehead atoms. The van der Waals surface area contributed by atoms with Crippen molar-refractivity contribution in [2.75, 3.05) is 0 Å². The summed E-state index contributed by atoms with van der Waals surface area (Å²) in [5.74, 6) is 2.23. The van der Waals surface area contributed by atoms with Crippen LogP contribution in [-0.2, 0) is 0 Å². The zero-order chi connectivity index (χ0) is 19.6. The topological polar surface area (TPSA) is 98.7 Å². The Hall–Kier alpha value is -3.03. The lowest BCUT2D eigenvalue weighted by Crippen LogP contribution is -2.34. The van der Waals surface area contributed by atoms with Crippen molar-refractivity contribution in [1.82, 2.24) is 30.0 Å². The number of imidazole rings is 1. The van der Waals surface area contributed by atoms with Crippen molar-refractivity contribution in [3.63, 3.8) is 0 Å². The second kappa shape index (κ2) is 7.77. The van der Waals surface area contributed by atoms with Gasteiger partial charge in [-0.2, -0.15) is 4.98 Å². The van der Waals surface area contributed by atoms with Gasteiger partial charge in [-0.1, -0.05) is 30.8 Å². The highest BCUT2D eigenvalue weighted by Gasteiger charge is 2.29. The molecule has 0 spiro atoms. The van der Waals surface area contributed by atoms with E-state index in [-0.39, 0.29) is 11.9 Å². The van der Waals surface area contributed by atoms with E-state index in [1.165, 1.54) is 25.7 Å². The van der Waals surface area contributed by atoms with Crippen molar-refractivity contribution in [2.24, 2.45) is 0 Å². The van der Waals surface area contributed by atoms with E-state index in [1.807, 2.05) is 12.1 Å². The highest BCUT2D eigenvalue weighted by molar-refractivity contribution is 5.92. The van der Waals surface area contributed by atoms with Crippen LogP contribution in [0.4, 0.5) is 0 Å². The Bertz CT molecular complexity index is 998. The number of rotatable bonds is 5. The maximum absolute atomic E-state index is 12.6. The number of hydrogen-bond acceptors (Lipinski definition) is 6. The van der Waals surface area contributed by atoms with Gasteiger partial charge in [0.15, 0.2) is 5.82 Å². The van der Waals surface area contributed by atoms with E-state index in [0.717, 1.165) is 37.1 Å². The summed E-state index contributed by atoms with van der Waals surface area (Å²) < 4.78 is 7.14. The molecule has 3 aromatic heterocycles. The number of carbonyl (C=O) groups is 1. The van der Waals surface area contributed by atoms with E-state index in [1.54, 1.807) is 23.3 Å². The van der Waals surface area contributed by atoms with Gasteiger partial charge in [-0.05, 0) is 37.8 Å². The minimum Gasteiger partial charge on any atom is -0.348 e. The number of hydrogen-bond donors (Lipinski definition) is 1. The first kappa shape index (κ1) is 18.0. The zero-order valence-corrected chi connectivity index (χ0v) is 16.3. The molecule has 0 atom stereocenters. The monoisotopic (exact) mass is 392 g/mol. The molecule has 0 aromatic carbocycles. The van der Waals surface area contributed by atoms with Crippen molar-refractivity contribution in [3.8, 4) is 17.3 Å². The van der Waals surface area contributed by atoms with Gasteiger partial charge >= 0.3 is 0 Å². The van der Waals surface area contributed by atoms with Crippen LogP contribution in [0.1, 0.15) is 73.6 Å². The summed E-state index contributed by atoms with van der Waals surface area (Å²) in [6, 6.07) is 3.94. The van der Waals surface area contributed by atoms with Crippen molar-refractivity contribution >= 4 is 5.91 Å². The molecule has 2 aliphatic rings. The minimum atomic E-state index is -0.127. The van der Waals surface area contributed by atoms with Gasteiger partial charge in [-0.15, -0.1) is 0 Å². The lowest BCUT2D eigenvalue weighted by atomic mass is 10.1. The molecular formula is C21H24N6O2. The van der Waals surface area contributed by atoms with Crippen LogP contribution in [-0.4, -0.2) is 36.6 Å². The first-order valence-corrected chi connectivity index (χ1v) is 10.4. The Balaban J connectivity index is 1.31. The molecule has 0 saturated heterocycles. The van der Waals surface area contributed by atoms with E-state index in [4.69, 9.17) is 4.52 Å². The van der Waals surface area contributed by atoms with Crippen LogP contribution in [0.5, 0.6) is 0 Å². The molecule has 5 rings (SSSR count). The molecule has 150 valence electrons. The zero-order valence-electron chi connectivity index (χ0n) is 16.3. The van der Waals surface area contributed by atoms with Gasteiger partial charge in [-0.3, -0.25) is 9.36 Å². The SMILES string of the molecule is O=C(NC1CCCCCC1)c1cn(-c2cc(-c3nc(C4CC4)no3)ccn2)cn1. The molecule has 0 radical (unpaired) electrons. The summed E-state index contributed by atoms with van der Waals surface area (Å²) in [6.45, 7) is 0. The Morgan fingerprint density at radius 3 is 2.72 bits per heavy atom. The molecule has 1 N–H and O–H groups in total. The van der Waals surface area contributed by atoms with E-state index in [2.05, 4.69) is 25.4 Å². The van der Waals surface area contributed by atoms with Crippen LogP contribution in [0.2, 0.25) is 0 Å². The Labute approximate surface area is 168 Å². The molecule has 8 nitrogen and oxygen atoms in total. The van der Waals surface area contributed by atoms with Gasteiger partial charge in [0.2, 0.25) is 0 Å². The molecule has 8 heteroatoms. The summed E-state index contributed by atoms with van der Waals surface area (Å²) in [5.41, 5.74) is 1.20. The third-order valence-corrected chi connectivity index (χ3v) is 5.65. The number of nitrogens with one attached hydrogen (secondary N) is 1. The van der Waals surface area contributed by atoms with Gasteiger partial charge in [-0.25, -0.2) is 9.97 Å². The highest BCUT2D eigenvalue weighted by Crippen LogP contribution is 2.38. The molecule has 3 aromatic rings. The molecule has 0 aliphatic heterocycles. The molecule has 2 aliphatic carbocycles. The van der Waals surface area contributed by atoms with Crippen LogP contribution in [0.25, 0.3) is 17.3 Å². The fourth-order valence-corrected chi connectivity index (χ4v) is 3.80. The van der Waals surface area contributed by atoms with Gasteiger partial charge in [0.25, 0.3) is 11.8 Å². The van der Waals surface area contributed by atoms with Crippen molar-refractivity contribution in [3.05, 3.63) is 42.4 Å². The normalized spacial score (nSPS) is 17.8. The predicted molar refractivity (Wildman–Crippen MR) is 106 cm³/mol. The van der Waals surface area contributed by atoms with E-state index in [9.17, 15) is 4.79 Å². The number of amides is 1. The summed E-state index contributed by atoms with van der Waals surface area (Å²) in [5, 5.41) is 7.20. The quantitative estimate of drug-likeness (QED) is 0.666. The average Bonchev–Trinajstić information content (AvgIpc) is 3.35. The lowest BCUT2D eigenvalue weighted by Gasteiger charge is -2.15. The largest absolute Gasteiger partial charge is 0.348 e. The molecule has 0 unspecified atom stereocenters. The van der Waals surface area contributed by atoms with Gasteiger partial charge in [0.05, 0.1) is 0 Å². The number of aromatic nitrogens is 5. The fraction of sp³-hybridized carbons (Fsp3) is 0.476. The van der Waals surface area contributed by atoms with Crippen molar-refractivity contribution < 1.29 is 9.32 Å². The van der Waals surface area contributed by atoms with Crippen LogP contribution >= 0.6 is 0 Å². The number of nitrogens with zero attached hydrogens (tertiary/aromatic N) is 5. The van der Waals surface area contributed by atoms with Crippen LogP contribution in [0, 0.1) is 0 Å². The summed E-state index contributed by atoms with van der Waals surface area (Å²) in [6.07, 6.45) is 14.2. The molecular weight excluding hydrogens is 368 g/mol. The Kier molecular flexibility index (Phi) is 4.83. The number of pyridine rings is 1. The van der Waals surface area contributed by atoms with Gasteiger partial charge in [0, 0.05) is 29.9 Å². The maximum Gasteiger partial charge on any atom is 0.271 e. The average molecular weight is 392 g/mol. The molecule has 1 amide bonds. The van der Waals surface area contributed by atoms with E-state index >= 15 is 0 Å². The first-order valence-electron chi connectivity index (χ1n) is 10.4. The Morgan fingerprint density at radius 2 is 1.93 bits per heavy atom. The molecule has 29 heavy (non-hydrogen) atoms. The highest BCUT2D eigenvalue weighted by atomic mass is 16.5. The van der Waals surface area contributed by atoms with Crippen molar-refractivity contribution in [2.45, 2.75) is 63.3 Å². The molecule has 3 heterocycles. The minimum absolute atomic E-state index is 0.127.